The van der Waals surface area contributed by atoms with Crippen molar-refractivity contribution in [3.05, 3.63) is 0 Å². The molecule has 0 fully saturated rings. The number of quaternary nitrogens is 3. The average molecular weight is 433 g/mol. The molecule has 0 aliphatic rings. The molecule has 0 aromatic rings. The van der Waals surface area contributed by atoms with Crippen LogP contribution in [0.15, 0.2) is 0 Å². The molecule has 0 N–H and O–H groups in total. The van der Waals surface area contributed by atoms with E-state index in [1.54, 1.807) is 0 Å². The second-order valence-electron chi connectivity index (χ2n) is 9.28. The van der Waals surface area contributed by atoms with Crippen LogP contribution in [0, 0.1) is 0 Å². The molecule has 0 aliphatic heterocycles. The van der Waals surface area contributed by atoms with Crippen LogP contribution in [-0.2, 0) is 19.1 Å². The Morgan fingerprint density at radius 1 is 0.533 bits per heavy atom. The van der Waals surface area contributed by atoms with E-state index < -0.39 is 0 Å². The van der Waals surface area contributed by atoms with E-state index in [0.29, 0.717) is 43.6 Å². The third kappa shape index (κ3) is 11.3. The minimum absolute atomic E-state index is 0.148. The molecule has 178 valence electrons. The first kappa shape index (κ1) is 28.8. The summed E-state index contributed by atoms with van der Waals surface area (Å²) in [6.07, 6.45) is 0.758. The summed E-state index contributed by atoms with van der Waals surface area (Å²) in [5.74, 6) is -0.296. The highest BCUT2D eigenvalue weighted by atomic mass is 16.5. The maximum absolute atomic E-state index is 12.2. The number of nitrogens with zero attached hydrogens (tertiary/aromatic N) is 3. The fraction of sp³-hybridized carbons (Fsp3) is 0.913. The summed E-state index contributed by atoms with van der Waals surface area (Å²) in [7, 11) is 6.45. The van der Waals surface area contributed by atoms with Crippen LogP contribution in [0.5, 0.6) is 0 Å². The number of ether oxygens (including phenoxy) is 2. The molecule has 0 rings (SSSR count). The molecule has 0 heterocycles. The third-order valence-electron chi connectivity index (χ3n) is 7.32. The fourth-order valence-corrected chi connectivity index (χ4v) is 3.13. The van der Waals surface area contributed by atoms with Crippen molar-refractivity contribution in [1.82, 2.24) is 0 Å². The van der Waals surface area contributed by atoms with Gasteiger partial charge >= 0.3 is 11.9 Å². The highest BCUT2D eigenvalue weighted by Crippen LogP contribution is 2.08. The molecule has 0 aliphatic carbocycles. The Labute approximate surface area is 185 Å². The maximum atomic E-state index is 12.2. The van der Waals surface area contributed by atoms with Crippen LogP contribution in [0.1, 0.15) is 47.5 Å². The number of hydrogen-bond acceptors (Lipinski definition) is 4. The molecule has 0 spiro atoms. The van der Waals surface area contributed by atoms with E-state index in [4.69, 9.17) is 9.47 Å². The predicted molar refractivity (Wildman–Crippen MR) is 122 cm³/mol. The zero-order valence-electron chi connectivity index (χ0n) is 21.2. The SMILES string of the molecule is CC[N+](C)(CC)CCOC(=O)CC[N+](C)(CC)CCC(=O)OCC[N+](C)(CC)CC. The molecule has 0 aromatic heterocycles. The van der Waals surface area contributed by atoms with E-state index in [1.165, 1.54) is 0 Å². The smallest absolute Gasteiger partial charge is 0.311 e. The molecule has 7 heteroatoms. The van der Waals surface area contributed by atoms with Crippen molar-refractivity contribution in [2.24, 2.45) is 0 Å². The normalized spacial score (nSPS) is 12.7. The quantitative estimate of drug-likeness (QED) is 0.261. The Kier molecular flexibility index (Phi) is 13.4. The van der Waals surface area contributed by atoms with Gasteiger partial charge in [-0.25, -0.2) is 0 Å². The number of rotatable bonds is 17. The van der Waals surface area contributed by atoms with E-state index >= 15 is 0 Å². The van der Waals surface area contributed by atoms with Crippen molar-refractivity contribution in [2.45, 2.75) is 47.5 Å². The molecule has 0 unspecified atom stereocenters. The van der Waals surface area contributed by atoms with Crippen molar-refractivity contribution in [1.29, 1.82) is 0 Å². The lowest BCUT2D eigenvalue weighted by atomic mass is 10.2. The molecule has 0 atom stereocenters. The van der Waals surface area contributed by atoms with Gasteiger partial charge in [-0.05, 0) is 34.6 Å². The molecule has 0 bridgehead atoms. The van der Waals surface area contributed by atoms with Gasteiger partial charge in [0.05, 0.1) is 79.8 Å². The first-order valence-electron chi connectivity index (χ1n) is 11.8. The predicted octanol–water partition coefficient (Wildman–Crippen LogP) is 2.29. The van der Waals surface area contributed by atoms with E-state index in [0.717, 1.165) is 54.8 Å². The van der Waals surface area contributed by atoms with Crippen LogP contribution in [0.25, 0.3) is 0 Å². The maximum Gasteiger partial charge on any atom is 0.311 e. The van der Waals surface area contributed by atoms with Crippen LogP contribution < -0.4 is 0 Å². The fourth-order valence-electron chi connectivity index (χ4n) is 3.13. The van der Waals surface area contributed by atoms with Crippen molar-refractivity contribution < 1.29 is 32.5 Å². The number of hydrogen-bond donors (Lipinski definition) is 0. The van der Waals surface area contributed by atoms with Gasteiger partial charge in [0.1, 0.15) is 26.3 Å². The van der Waals surface area contributed by atoms with Gasteiger partial charge in [-0.15, -0.1) is 0 Å². The van der Waals surface area contributed by atoms with Crippen LogP contribution in [0.4, 0.5) is 0 Å². The summed E-state index contributed by atoms with van der Waals surface area (Å²) in [6, 6.07) is 0. The molecule has 0 aromatic carbocycles. The topological polar surface area (TPSA) is 52.6 Å². The van der Waals surface area contributed by atoms with Crippen LogP contribution in [0.3, 0.4) is 0 Å². The molecule has 0 amide bonds. The van der Waals surface area contributed by atoms with Gasteiger partial charge in [-0.3, -0.25) is 9.59 Å². The van der Waals surface area contributed by atoms with Crippen molar-refractivity contribution in [2.75, 3.05) is 93.3 Å². The highest BCUT2D eigenvalue weighted by Gasteiger charge is 2.24. The molecule has 0 radical (unpaired) electrons. The van der Waals surface area contributed by atoms with Gasteiger partial charge in [0.15, 0.2) is 0 Å². The van der Waals surface area contributed by atoms with Gasteiger partial charge < -0.3 is 22.9 Å². The Morgan fingerprint density at radius 3 is 1.10 bits per heavy atom. The third-order valence-corrected chi connectivity index (χ3v) is 7.32. The van der Waals surface area contributed by atoms with Gasteiger partial charge in [-0.2, -0.15) is 0 Å². The van der Waals surface area contributed by atoms with Crippen LogP contribution in [0.2, 0.25) is 0 Å². The van der Waals surface area contributed by atoms with E-state index in [9.17, 15) is 9.59 Å². The summed E-state index contributed by atoms with van der Waals surface area (Å²) in [6.45, 7) is 19.7. The number of likely N-dealkylation sites (N-methyl/N-ethyl adjacent to an activating group) is 2. The lowest BCUT2D eigenvalue weighted by molar-refractivity contribution is -0.907. The molecule has 30 heavy (non-hydrogen) atoms. The first-order chi connectivity index (χ1) is 14.0. The molecule has 7 nitrogen and oxygen atoms in total. The lowest BCUT2D eigenvalue weighted by Crippen LogP contribution is -2.48. The zero-order valence-corrected chi connectivity index (χ0v) is 21.2. The van der Waals surface area contributed by atoms with Gasteiger partial charge in [0.25, 0.3) is 0 Å². The molecular weight excluding hydrogens is 382 g/mol. The Bertz CT molecular complexity index is 463. The standard InChI is InChI=1S/C23H50N3O4/c1-9-24(6,10-2)18-20-29-22(27)14-16-26(8,13-5)17-15-23(28)30-21-19-25(7,11-3)12-4/h9-21H2,1-8H3/q+3. The second-order valence-corrected chi connectivity index (χ2v) is 9.28. The minimum atomic E-state index is -0.148. The van der Waals surface area contributed by atoms with Gasteiger partial charge in [0, 0.05) is 0 Å². The zero-order chi connectivity index (χ0) is 23.3. The molecular formula is C23H50N3O4+3. The second kappa shape index (κ2) is 14.0. The first-order valence-corrected chi connectivity index (χ1v) is 11.8. The lowest BCUT2D eigenvalue weighted by Gasteiger charge is -2.33. The van der Waals surface area contributed by atoms with E-state index in [1.807, 2.05) is 0 Å². The highest BCUT2D eigenvalue weighted by molar-refractivity contribution is 5.70. The minimum Gasteiger partial charge on any atom is -0.460 e. The van der Waals surface area contributed by atoms with Crippen molar-refractivity contribution in [3.63, 3.8) is 0 Å². The van der Waals surface area contributed by atoms with Crippen LogP contribution >= 0.6 is 0 Å². The average Bonchev–Trinajstić information content (AvgIpc) is 2.76. The Balaban J connectivity index is 4.27. The van der Waals surface area contributed by atoms with E-state index in [2.05, 4.69) is 55.8 Å². The summed E-state index contributed by atoms with van der Waals surface area (Å²) in [5, 5.41) is 0. The summed E-state index contributed by atoms with van der Waals surface area (Å²) in [4.78, 5) is 24.3. The summed E-state index contributed by atoms with van der Waals surface area (Å²) < 4.78 is 13.4. The van der Waals surface area contributed by atoms with Gasteiger partial charge in [-0.1, -0.05) is 0 Å². The van der Waals surface area contributed by atoms with E-state index in [-0.39, 0.29) is 11.9 Å². The Hall–Kier alpha value is -1.18. The Morgan fingerprint density at radius 2 is 0.833 bits per heavy atom. The number of carbonyl (C=O) groups is 2. The number of esters is 2. The number of carbonyl (C=O) groups excluding carboxylic acids is 2. The monoisotopic (exact) mass is 432 g/mol. The van der Waals surface area contributed by atoms with Crippen molar-refractivity contribution in [3.8, 4) is 0 Å². The largest absolute Gasteiger partial charge is 0.460 e. The van der Waals surface area contributed by atoms with Crippen LogP contribution in [-0.4, -0.2) is 119 Å². The molecule has 0 saturated carbocycles. The van der Waals surface area contributed by atoms with Crippen molar-refractivity contribution >= 4 is 11.9 Å². The molecule has 0 saturated heterocycles. The van der Waals surface area contributed by atoms with Gasteiger partial charge in [0.2, 0.25) is 0 Å². The summed E-state index contributed by atoms with van der Waals surface area (Å²) in [5.41, 5.74) is 0. The summed E-state index contributed by atoms with van der Waals surface area (Å²) >= 11 is 0.